The zero-order valence-electron chi connectivity index (χ0n) is 19.4. The maximum Gasteiger partial charge on any atom is 0.451 e. The fraction of sp³-hybridized carbons (Fsp3) is 0.333. The van der Waals surface area contributed by atoms with Crippen molar-refractivity contribution >= 4 is 15.8 Å². The van der Waals surface area contributed by atoms with Gasteiger partial charge in [0.15, 0.2) is 5.78 Å². The molecule has 1 aliphatic heterocycles. The van der Waals surface area contributed by atoms with Gasteiger partial charge in [-0.05, 0) is 62.1 Å². The van der Waals surface area contributed by atoms with Crippen LogP contribution in [-0.2, 0) is 27.4 Å². The quantitative estimate of drug-likeness (QED) is 0.408. The molecule has 3 heterocycles. The summed E-state index contributed by atoms with van der Waals surface area (Å²) in [7, 11) is -4.08. The van der Waals surface area contributed by atoms with E-state index in [2.05, 4.69) is 15.0 Å². The number of carbonyl (C=O) groups is 1. The molecule has 0 radical (unpaired) electrons. The number of hydrogen-bond acceptors (Lipinski definition) is 6. The summed E-state index contributed by atoms with van der Waals surface area (Å²) < 4.78 is 93.3. The molecule has 2 atom stereocenters. The average Bonchev–Trinajstić information content (AvgIpc) is 3.25. The molecule has 0 saturated carbocycles. The molecule has 196 valence electrons. The van der Waals surface area contributed by atoms with Crippen LogP contribution in [0.15, 0.2) is 53.8 Å². The third-order valence-electron chi connectivity index (χ3n) is 6.14. The monoisotopic (exact) mass is 540 g/mol. The molecule has 0 N–H and O–H groups in total. The van der Waals surface area contributed by atoms with Crippen LogP contribution in [0.3, 0.4) is 0 Å². The normalized spacial score (nSPS) is 18.8. The summed E-state index contributed by atoms with van der Waals surface area (Å²) in [5, 5.41) is 0. The summed E-state index contributed by atoms with van der Waals surface area (Å²) in [5.41, 5.74) is 0.326. The lowest BCUT2D eigenvalue weighted by Crippen LogP contribution is -2.44. The molecule has 1 saturated heterocycles. The molecule has 13 heteroatoms. The van der Waals surface area contributed by atoms with E-state index in [1.807, 2.05) is 0 Å². The molecular formula is C24H21F5N4O3S. The highest BCUT2D eigenvalue weighted by Crippen LogP contribution is 2.33. The van der Waals surface area contributed by atoms with Crippen LogP contribution >= 0.6 is 0 Å². The second-order valence-electron chi connectivity index (χ2n) is 8.65. The Bertz CT molecular complexity index is 1400. The second kappa shape index (κ2) is 10.2. The number of ketones is 1. The van der Waals surface area contributed by atoms with Gasteiger partial charge in [-0.1, -0.05) is 0 Å². The van der Waals surface area contributed by atoms with Gasteiger partial charge in [-0.15, -0.1) is 0 Å². The Balaban J connectivity index is 1.50. The van der Waals surface area contributed by atoms with Crippen molar-refractivity contribution in [1.29, 1.82) is 0 Å². The van der Waals surface area contributed by atoms with Gasteiger partial charge < -0.3 is 0 Å². The maximum absolute atomic E-state index is 14.4. The van der Waals surface area contributed by atoms with E-state index in [0.717, 1.165) is 47.2 Å². The van der Waals surface area contributed by atoms with Crippen molar-refractivity contribution in [2.24, 2.45) is 0 Å². The van der Waals surface area contributed by atoms with Gasteiger partial charge in [0.05, 0.1) is 22.8 Å². The van der Waals surface area contributed by atoms with E-state index in [4.69, 9.17) is 0 Å². The summed E-state index contributed by atoms with van der Waals surface area (Å²) in [4.78, 5) is 23.3. The Morgan fingerprint density at radius 3 is 2.30 bits per heavy atom. The largest absolute Gasteiger partial charge is 0.451 e. The van der Waals surface area contributed by atoms with Crippen LogP contribution in [0.2, 0.25) is 0 Å². The molecule has 2 aromatic heterocycles. The van der Waals surface area contributed by atoms with Crippen molar-refractivity contribution in [3.63, 3.8) is 0 Å². The van der Waals surface area contributed by atoms with Gasteiger partial charge in [-0.2, -0.15) is 17.5 Å². The first kappa shape index (κ1) is 26.7. The number of aryl methyl sites for hydroxylation is 1. The minimum absolute atomic E-state index is 0.0808. The van der Waals surface area contributed by atoms with Crippen molar-refractivity contribution in [1.82, 2.24) is 19.3 Å². The summed E-state index contributed by atoms with van der Waals surface area (Å²) in [5.74, 6) is -3.05. The Morgan fingerprint density at radius 2 is 1.68 bits per heavy atom. The highest BCUT2D eigenvalue weighted by atomic mass is 32.2. The smallest absolute Gasteiger partial charge is 0.298 e. The van der Waals surface area contributed by atoms with E-state index >= 15 is 0 Å². The van der Waals surface area contributed by atoms with Gasteiger partial charge in [0.1, 0.15) is 11.6 Å². The number of halogens is 5. The molecule has 0 bridgehead atoms. The number of carbonyl (C=O) groups excluding carboxylic acids is 1. The van der Waals surface area contributed by atoms with Crippen LogP contribution < -0.4 is 0 Å². The van der Waals surface area contributed by atoms with Gasteiger partial charge in [-0.25, -0.2) is 27.2 Å². The average molecular weight is 541 g/mol. The predicted octanol–water partition coefficient (Wildman–Crippen LogP) is 4.58. The zero-order valence-corrected chi connectivity index (χ0v) is 20.2. The van der Waals surface area contributed by atoms with E-state index < -0.39 is 51.5 Å². The number of hydrogen-bond donors (Lipinski definition) is 0. The molecule has 0 aliphatic carbocycles. The first-order valence-corrected chi connectivity index (χ1v) is 12.7. The van der Waals surface area contributed by atoms with Crippen LogP contribution in [-0.4, -0.2) is 45.5 Å². The summed E-state index contributed by atoms with van der Waals surface area (Å²) in [6.07, 6.45) is -1.53. The fourth-order valence-corrected chi connectivity index (χ4v) is 6.12. The van der Waals surface area contributed by atoms with E-state index in [1.165, 1.54) is 6.07 Å². The molecule has 37 heavy (non-hydrogen) atoms. The van der Waals surface area contributed by atoms with Crippen molar-refractivity contribution in [2.45, 2.75) is 55.8 Å². The number of aromatic nitrogens is 3. The van der Waals surface area contributed by atoms with Crippen molar-refractivity contribution in [3.05, 3.63) is 71.9 Å². The maximum atomic E-state index is 14.4. The lowest BCUT2D eigenvalue weighted by Gasteiger charge is -2.27. The third kappa shape index (κ3) is 5.67. The van der Waals surface area contributed by atoms with Crippen molar-refractivity contribution < 1.29 is 35.2 Å². The van der Waals surface area contributed by atoms with Gasteiger partial charge in [-0.3, -0.25) is 9.78 Å². The van der Waals surface area contributed by atoms with Crippen molar-refractivity contribution in [3.8, 4) is 11.3 Å². The predicted molar refractivity (Wildman–Crippen MR) is 121 cm³/mol. The van der Waals surface area contributed by atoms with Gasteiger partial charge in [0.25, 0.3) is 0 Å². The SMILES string of the molecule is C[C@H]1CC[C@@H](C(=O)CCc2cc(-c3cnc(C(F)(F)F)nc3)ncc2F)N1S(=O)(=O)c1ccc(F)cc1. The topological polar surface area (TPSA) is 93.1 Å². The number of rotatable bonds is 7. The molecule has 7 nitrogen and oxygen atoms in total. The molecule has 3 aromatic rings. The Labute approximate surface area is 209 Å². The molecule has 4 rings (SSSR count). The van der Waals surface area contributed by atoms with Gasteiger partial charge in [0.2, 0.25) is 15.8 Å². The molecule has 0 amide bonds. The minimum Gasteiger partial charge on any atom is -0.298 e. The Hall–Kier alpha value is -3.32. The number of nitrogens with zero attached hydrogens (tertiary/aromatic N) is 4. The Morgan fingerprint density at radius 1 is 1.03 bits per heavy atom. The van der Waals surface area contributed by atoms with Crippen LogP contribution in [0.25, 0.3) is 11.3 Å². The summed E-state index contributed by atoms with van der Waals surface area (Å²) in [6, 6.07) is 4.18. The van der Waals surface area contributed by atoms with Crippen LogP contribution in [0.5, 0.6) is 0 Å². The standard InChI is InChI=1S/C24H21F5N4O3S/c1-14-2-8-21(33(14)37(35,36)18-6-4-17(25)5-7-18)22(34)9-3-15-10-20(30-13-19(15)26)16-11-31-23(32-12-16)24(27,28)29/h4-7,10-14,21H,2-3,8-9H2,1H3/t14-,21-/m0/s1. The minimum atomic E-state index is -4.71. The molecule has 0 spiro atoms. The molecule has 1 fully saturated rings. The van der Waals surface area contributed by atoms with E-state index in [0.29, 0.717) is 6.42 Å². The highest BCUT2D eigenvalue weighted by Gasteiger charge is 2.43. The van der Waals surface area contributed by atoms with Gasteiger partial charge >= 0.3 is 6.18 Å². The van der Waals surface area contributed by atoms with E-state index in [9.17, 15) is 35.2 Å². The lowest BCUT2D eigenvalue weighted by molar-refractivity contribution is -0.145. The number of benzene rings is 1. The molecule has 1 aromatic carbocycles. The summed E-state index contributed by atoms with van der Waals surface area (Å²) in [6.45, 7) is 1.68. The van der Waals surface area contributed by atoms with Gasteiger partial charge in [0, 0.05) is 30.4 Å². The second-order valence-corrected chi connectivity index (χ2v) is 10.5. The fourth-order valence-electron chi connectivity index (χ4n) is 4.26. The van der Waals surface area contributed by atoms with Crippen LogP contribution in [0, 0.1) is 11.6 Å². The number of alkyl halides is 3. The molecular weight excluding hydrogens is 519 g/mol. The van der Waals surface area contributed by atoms with Crippen LogP contribution in [0.4, 0.5) is 22.0 Å². The first-order chi connectivity index (χ1) is 17.4. The zero-order chi connectivity index (χ0) is 27.0. The number of sulfonamides is 1. The highest BCUT2D eigenvalue weighted by molar-refractivity contribution is 7.89. The lowest BCUT2D eigenvalue weighted by atomic mass is 10.0. The van der Waals surface area contributed by atoms with Crippen LogP contribution in [0.1, 0.15) is 37.6 Å². The molecule has 1 aliphatic rings. The third-order valence-corrected chi connectivity index (χ3v) is 8.17. The Kier molecular flexibility index (Phi) is 7.38. The number of pyridine rings is 1. The number of Topliss-reactive ketones (excluding diaryl/α,β-unsaturated/α-hetero) is 1. The van der Waals surface area contributed by atoms with E-state index in [1.54, 1.807) is 6.92 Å². The van der Waals surface area contributed by atoms with E-state index in [-0.39, 0.29) is 41.0 Å². The first-order valence-electron chi connectivity index (χ1n) is 11.2. The van der Waals surface area contributed by atoms with Crippen molar-refractivity contribution in [2.75, 3.05) is 0 Å². The molecule has 0 unspecified atom stereocenters. The summed E-state index contributed by atoms with van der Waals surface area (Å²) >= 11 is 0.